The zero-order chi connectivity index (χ0) is 12.8. The standard InChI is InChI=1S/C12H17BrN2O2/c1-15(2)8-11(16)7-14-12(17)9-3-5-10(13)6-4-9/h3-6,11,16H,7-8H2,1-2H3,(H,14,17). The first-order valence-corrected chi connectivity index (χ1v) is 6.15. The zero-order valence-electron chi connectivity index (χ0n) is 9.98. The van der Waals surface area contributed by atoms with Gasteiger partial charge in [0.15, 0.2) is 0 Å². The van der Waals surface area contributed by atoms with Crippen LogP contribution < -0.4 is 5.32 Å². The molecule has 1 atom stereocenters. The van der Waals surface area contributed by atoms with Gasteiger partial charge in [-0.05, 0) is 38.4 Å². The number of hydrogen-bond donors (Lipinski definition) is 2. The van der Waals surface area contributed by atoms with Gasteiger partial charge in [0.25, 0.3) is 5.91 Å². The molecular formula is C12H17BrN2O2. The summed E-state index contributed by atoms with van der Waals surface area (Å²) in [5.74, 6) is -0.171. The zero-order valence-corrected chi connectivity index (χ0v) is 11.6. The Morgan fingerprint density at radius 1 is 1.41 bits per heavy atom. The number of hydrogen-bond acceptors (Lipinski definition) is 3. The molecular weight excluding hydrogens is 284 g/mol. The van der Waals surface area contributed by atoms with E-state index >= 15 is 0 Å². The van der Waals surface area contributed by atoms with Crippen molar-refractivity contribution in [3.63, 3.8) is 0 Å². The SMILES string of the molecule is CN(C)CC(O)CNC(=O)c1ccc(Br)cc1. The largest absolute Gasteiger partial charge is 0.390 e. The van der Waals surface area contributed by atoms with Gasteiger partial charge in [0.1, 0.15) is 0 Å². The normalized spacial score (nSPS) is 12.5. The molecule has 0 bridgehead atoms. The van der Waals surface area contributed by atoms with Crippen molar-refractivity contribution < 1.29 is 9.90 Å². The highest BCUT2D eigenvalue weighted by atomic mass is 79.9. The monoisotopic (exact) mass is 300 g/mol. The average Bonchev–Trinajstić information content (AvgIpc) is 2.26. The molecule has 0 aliphatic heterocycles. The number of rotatable bonds is 5. The number of likely N-dealkylation sites (N-methyl/N-ethyl adjacent to an activating group) is 1. The van der Waals surface area contributed by atoms with E-state index in [-0.39, 0.29) is 12.5 Å². The second-order valence-corrected chi connectivity index (χ2v) is 5.05. The van der Waals surface area contributed by atoms with E-state index in [9.17, 15) is 9.90 Å². The molecule has 0 saturated carbocycles. The summed E-state index contributed by atoms with van der Waals surface area (Å²) in [7, 11) is 3.75. The Kier molecular flexibility index (Phi) is 5.61. The molecule has 94 valence electrons. The summed E-state index contributed by atoms with van der Waals surface area (Å²) in [4.78, 5) is 13.6. The van der Waals surface area contributed by atoms with E-state index in [1.54, 1.807) is 12.1 Å². The van der Waals surface area contributed by atoms with Crippen molar-refractivity contribution >= 4 is 21.8 Å². The summed E-state index contributed by atoms with van der Waals surface area (Å²) in [6.07, 6.45) is -0.551. The fourth-order valence-electron chi connectivity index (χ4n) is 1.40. The Morgan fingerprint density at radius 2 is 2.00 bits per heavy atom. The first kappa shape index (κ1) is 14.2. The second-order valence-electron chi connectivity index (χ2n) is 4.13. The molecule has 0 aliphatic rings. The molecule has 0 aromatic heterocycles. The number of aliphatic hydroxyl groups is 1. The molecule has 0 fully saturated rings. The maximum Gasteiger partial charge on any atom is 0.251 e. The third-order valence-electron chi connectivity index (χ3n) is 2.18. The molecule has 0 spiro atoms. The van der Waals surface area contributed by atoms with Gasteiger partial charge in [-0.25, -0.2) is 0 Å². The topological polar surface area (TPSA) is 52.6 Å². The van der Waals surface area contributed by atoms with Crippen LogP contribution in [0.4, 0.5) is 0 Å². The van der Waals surface area contributed by atoms with E-state index in [2.05, 4.69) is 21.2 Å². The van der Waals surface area contributed by atoms with Gasteiger partial charge in [-0.1, -0.05) is 15.9 Å². The lowest BCUT2D eigenvalue weighted by Crippen LogP contribution is -2.37. The highest BCUT2D eigenvalue weighted by molar-refractivity contribution is 9.10. The third-order valence-corrected chi connectivity index (χ3v) is 2.71. The molecule has 5 heteroatoms. The molecule has 0 heterocycles. The van der Waals surface area contributed by atoms with Crippen LogP contribution in [0.2, 0.25) is 0 Å². The second kappa shape index (κ2) is 6.74. The van der Waals surface area contributed by atoms with E-state index in [4.69, 9.17) is 0 Å². The smallest absolute Gasteiger partial charge is 0.251 e. The first-order chi connectivity index (χ1) is 7.99. The van der Waals surface area contributed by atoms with Gasteiger partial charge in [-0.15, -0.1) is 0 Å². The lowest BCUT2D eigenvalue weighted by Gasteiger charge is -2.16. The summed E-state index contributed by atoms with van der Waals surface area (Å²) < 4.78 is 0.932. The van der Waals surface area contributed by atoms with Gasteiger partial charge in [0, 0.05) is 23.1 Å². The molecule has 1 unspecified atom stereocenters. The van der Waals surface area contributed by atoms with Crippen LogP contribution in [0.5, 0.6) is 0 Å². The van der Waals surface area contributed by atoms with Crippen molar-refractivity contribution in [1.29, 1.82) is 0 Å². The van der Waals surface area contributed by atoms with Crippen molar-refractivity contribution in [3.05, 3.63) is 34.3 Å². The molecule has 0 saturated heterocycles. The van der Waals surface area contributed by atoms with E-state index < -0.39 is 6.10 Å². The maximum atomic E-state index is 11.7. The summed E-state index contributed by atoms with van der Waals surface area (Å²) in [6.45, 7) is 0.785. The Hall–Kier alpha value is -0.910. The van der Waals surface area contributed by atoms with Crippen molar-refractivity contribution in [2.45, 2.75) is 6.10 Å². The molecule has 1 amide bonds. The highest BCUT2D eigenvalue weighted by Crippen LogP contribution is 2.10. The summed E-state index contributed by atoms with van der Waals surface area (Å²) in [5, 5.41) is 12.3. The number of nitrogens with one attached hydrogen (secondary N) is 1. The molecule has 2 N–H and O–H groups in total. The van der Waals surface area contributed by atoms with Gasteiger partial charge in [-0.2, -0.15) is 0 Å². The summed E-state index contributed by atoms with van der Waals surface area (Å²) in [5.41, 5.74) is 0.588. The molecule has 0 aliphatic carbocycles. The number of amides is 1. The number of halogens is 1. The number of nitrogens with zero attached hydrogens (tertiary/aromatic N) is 1. The van der Waals surface area contributed by atoms with Gasteiger partial charge in [0.05, 0.1) is 6.10 Å². The number of carbonyl (C=O) groups is 1. The summed E-state index contributed by atoms with van der Waals surface area (Å²) >= 11 is 3.31. The van der Waals surface area contributed by atoms with E-state index in [0.29, 0.717) is 12.1 Å². The Morgan fingerprint density at radius 3 is 2.53 bits per heavy atom. The predicted molar refractivity (Wildman–Crippen MR) is 71.0 cm³/mol. The molecule has 1 aromatic rings. The lowest BCUT2D eigenvalue weighted by molar-refractivity contribution is 0.0892. The van der Waals surface area contributed by atoms with Gasteiger partial charge >= 0.3 is 0 Å². The number of benzene rings is 1. The Bertz CT molecular complexity index is 365. The van der Waals surface area contributed by atoms with Crippen molar-refractivity contribution in [1.82, 2.24) is 10.2 Å². The number of carbonyl (C=O) groups excluding carboxylic acids is 1. The molecule has 4 nitrogen and oxygen atoms in total. The predicted octanol–water partition coefficient (Wildman–Crippen LogP) is 1.10. The molecule has 1 aromatic carbocycles. The van der Waals surface area contributed by atoms with Gasteiger partial charge < -0.3 is 15.3 Å². The van der Waals surface area contributed by atoms with Crippen LogP contribution in [-0.2, 0) is 0 Å². The van der Waals surface area contributed by atoms with Crippen LogP contribution in [0.1, 0.15) is 10.4 Å². The van der Waals surface area contributed by atoms with Crippen LogP contribution in [0.25, 0.3) is 0 Å². The van der Waals surface area contributed by atoms with Crippen molar-refractivity contribution in [2.75, 3.05) is 27.2 Å². The van der Waals surface area contributed by atoms with Crippen molar-refractivity contribution in [3.8, 4) is 0 Å². The van der Waals surface area contributed by atoms with Crippen LogP contribution in [0, 0.1) is 0 Å². The highest BCUT2D eigenvalue weighted by Gasteiger charge is 2.09. The Balaban J connectivity index is 2.42. The van der Waals surface area contributed by atoms with Crippen LogP contribution in [0.3, 0.4) is 0 Å². The van der Waals surface area contributed by atoms with E-state index in [1.165, 1.54) is 0 Å². The van der Waals surface area contributed by atoms with E-state index in [0.717, 1.165) is 4.47 Å². The molecule has 0 radical (unpaired) electrons. The van der Waals surface area contributed by atoms with Crippen LogP contribution >= 0.6 is 15.9 Å². The summed E-state index contributed by atoms with van der Waals surface area (Å²) in [6, 6.07) is 7.09. The quantitative estimate of drug-likeness (QED) is 0.856. The third kappa shape index (κ3) is 5.30. The van der Waals surface area contributed by atoms with Crippen LogP contribution in [-0.4, -0.2) is 49.2 Å². The van der Waals surface area contributed by atoms with Crippen molar-refractivity contribution in [2.24, 2.45) is 0 Å². The first-order valence-electron chi connectivity index (χ1n) is 5.35. The minimum atomic E-state index is -0.551. The fourth-order valence-corrected chi connectivity index (χ4v) is 1.66. The number of aliphatic hydroxyl groups excluding tert-OH is 1. The van der Waals surface area contributed by atoms with E-state index in [1.807, 2.05) is 31.1 Å². The Labute approximate surface area is 110 Å². The fraction of sp³-hybridized carbons (Fsp3) is 0.417. The lowest BCUT2D eigenvalue weighted by atomic mass is 10.2. The molecule has 1 rings (SSSR count). The van der Waals surface area contributed by atoms with Crippen LogP contribution in [0.15, 0.2) is 28.7 Å². The minimum Gasteiger partial charge on any atom is -0.390 e. The average molecular weight is 301 g/mol. The minimum absolute atomic E-state index is 0.171. The van der Waals surface area contributed by atoms with Gasteiger partial charge in [0.2, 0.25) is 0 Å². The maximum absolute atomic E-state index is 11.7. The van der Waals surface area contributed by atoms with Gasteiger partial charge in [-0.3, -0.25) is 4.79 Å². The molecule has 17 heavy (non-hydrogen) atoms.